The highest BCUT2D eigenvalue weighted by Gasteiger charge is 2.48. The SMILES string of the molecule is CCOc1ccc2nc(N3C(=O)C(=O)C(=C(O)c4ccc5c(c4)C[C@@H](C)O5)[C@H]3c3ccc(C)cc3)sc2c1. The predicted molar refractivity (Wildman–Crippen MR) is 147 cm³/mol. The van der Waals surface area contributed by atoms with Crippen molar-refractivity contribution in [3.63, 3.8) is 0 Å². The summed E-state index contributed by atoms with van der Waals surface area (Å²) in [5.41, 5.74) is 3.93. The molecule has 2 atom stereocenters. The topological polar surface area (TPSA) is 89.0 Å². The number of anilines is 1. The van der Waals surface area contributed by atoms with Gasteiger partial charge in [0.1, 0.15) is 23.4 Å². The molecule has 0 aliphatic carbocycles. The Morgan fingerprint density at radius 1 is 1.13 bits per heavy atom. The van der Waals surface area contributed by atoms with Gasteiger partial charge in [-0.3, -0.25) is 14.5 Å². The molecule has 1 aromatic heterocycles. The van der Waals surface area contributed by atoms with Crippen LogP contribution in [-0.4, -0.2) is 34.5 Å². The Kier molecular flexibility index (Phi) is 5.91. The maximum Gasteiger partial charge on any atom is 0.301 e. The second kappa shape index (κ2) is 9.29. The van der Waals surface area contributed by atoms with E-state index in [0.29, 0.717) is 40.6 Å². The number of carbonyl (C=O) groups excluding carboxylic acids is 2. The minimum atomic E-state index is -0.828. The van der Waals surface area contributed by atoms with Crippen LogP contribution in [0.5, 0.6) is 11.5 Å². The number of aliphatic hydroxyl groups is 1. The smallest absolute Gasteiger partial charge is 0.301 e. The largest absolute Gasteiger partial charge is 0.507 e. The second-order valence-electron chi connectivity index (χ2n) is 9.59. The van der Waals surface area contributed by atoms with Gasteiger partial charge in [0.2, 0.25) is 0 Å². The monoisotopic (exact) mass is 526 g/mol. The van der Waals surface area contributed by atoms with Crippen molar-refractivity contribution in [2.24, 2.45) is 0 Å². The molecule has 3 aromatic carbocycles. The van der Waals surface area contributed by atoms with Crippen LogP contribution in [0.3, 0.4) is 0 Å². The molecule has 2 aliphatic heterocycles. The van der Waals surface area contributed by atoms with Crippen LogP contribution in [0, 0.1) is 6.92 Å². The Morgan fingerprint density at radius 3 is 2.68 bits per heavy atom. The fourth-order valence-electron chi connectivity index (χ4n) is 5.07. The number of hydrogen-bond donors (Lipinski definition) is 1. The fourth-order valence-corrected chi connectivity index (χ4v) is 6.09. The Bertz CT molecular complexity index is 1620. The van der Waals surface area contributed by atoms with Crippen molar-refractivity contribution in [2.75, 3.05) is 11.5 Å². The van der Waals surface area contributed by atoms with Gasteiger partial charge in [-0.2, -0.15) is 0 Å². The number of ketones is 1. The van der Waals surface area contributed by atoms with Crippen LogP contribution in [0.1, 0.15) is 42.1 Å². The van der Waals surface area contributed by atoms with Crippen molar-refractivity contribution >= 4 is 44.1 Å². The molecule has 1 saturated heterocycles. The first kappa shape index (κ1) is 24.2. The van der Waals surface area contributed by atoms with Gasteiger partial charge in [0.05, 0.1) is 28.4 Å². The molecular formula is C30H26N2O5S. The highest BCUT2D eigenvalue weighted by Crippen LogP contribution is 2.45. The molecular weight excluding hydrogens is 500 g/mol. The number of ether oxygens (including phenoxy) is 2. The number of amides is 1. The molecule has 0 unspecified atom stereocenters. The molecule has 38 heavy (non-hydrogen) atoms. The summed E-state index contributed by atoms with van der Waals surface area (Å²) in [7, 11) is 0. The van der Waals surface area contributed by atoms with Crippen molar-refractivity contribution in [1.82, 2.24) is 4.98 Å². The highest BCUT2D eigenvalue weighted by atomic mass is 32.1. The maximum atomic E-state index is 13.5. The fraction of sp³-hybridized carbons (Fsp3) is 0.233. The number of carbonyl (C=O) groups is 2. The van der Waals surface area contributed by atoms with E-state index in [1.54, 1.807) is 12.1 Å². The molecule has 1 fully saturated rings. The summed E-state index contributed by atoms with van der Waals surface area (Å²) in [6, 6.07) is 17.7. The molecule has 0 radical (unpaired) electrons. The van der Waals surface area contributed by atoms with Crippen molar-refractivity contribution in [2.45, 2.75) is 39.3 Å². The first-order chi connectivity index (χ1) is 18.3. The third-order valence-electron chi connectivity index (χ3n) is 6.87. The number of aromatic nitrogens is 1. The lowest BCUT2D eigenvalue weighted by atomic mass is 9.94. The van der Waals surface area contributed by atoms with Crippen molar-refractivity contribution in [1.29, 1.82) is 0 Å². The summed E-state index contributed by atoms with van der Waals surface area (Å²) in [6.45, 7) is 6.40. The van der Waals surface area contributed by atoms with Gasteiger partial charge in [0.25, 0.3) is 5.78 Å². The Labute approximate surface area is 224 Å². The number of nitrogens with zero attached hydrogens (tertiary/aromatic N) is 2. The van der Waals surface area contributed by atoms with Crippen LogP contribution in [0.2, 0.25) is 0 Å². The van der Waals surface area contributed by atoms with Gasteiger partial charge in [0, 0.05) is 12.0 Å². The third kappa shape index (κ3) is 4.01. The summed E-state index contributed by atoms with van der Waals surface area (Å²) < 4.78 is 12.2. The molecule has 0 bridgehead atoms. The number of hydrogen-bond acceptors (Lipinski definition) is 7. The normalized spacial score (nSPS) is 20.1. The van der Waals surface area contributed by atoms with Gasteiger partial charge in [-0.15, -0.1) is 0 Å². The van der Waals surface area contributed by atoms with Crippen LogP contribution >= 0.6 is 11.3 Å². The molecule has 1 amide bonds. The summed E-state index contributed by atoms with van der Waals surface area (Å²) in [6.07, 6.45) is 0.754. The number of aliphatic hydroxyl groups excluding tert-OH is 1. The Hall–Kier alpha value is -4.17. The van der Waals surface area contributed by atoms with Gasteiger partial charge in [-0.05, 0) is 68.3 Å². The van der Waals surface area contributed by atoms with Gasteiger partial charge < -0.3 is 14.6 Å². The van der Waals surface area contributed by atoms with Crippen LogP contribution in [0.25, 0.3) is 16.0 Å². The van der Waals surface area contributed by atoms with E-state index in [1.165, 1.54) is 16.2 Å². The summed E-state index contributed by atoms with van der Waals surface area (Å²) in [5.74, 6) is -0.196. The Balaban J connectivity index is 1.50. The molecule has 2 aliphatic rings. The molecule has 192 valence electrons. The lowest BCUT2D eigenvalue weighted by Gasteiger charge is -2.23. The van der Waals surface area contributed by atoms with Crippen LogP contribution in [0.4, 0.5) is 5.13 Å². The zero-order chi connectivity index (χ0) is 26.6. The number of Topliss-reactive ketones (excluding diaryl/α,β-unsaturated/α-hetero) is 1. The number of benzene rings is 3. The summed E-state index contributed by atoms with van der Waals surface area (Å²) in [5, 5.41) is 11.9. The van der Waals surface area contributed by atoms with Crippen molar-refractivity contribution in [3.8, 4) is 11.5 Å². The van der Waals surface area contributed by atoms with Crippen molar-refractivity contribution < 1.29 is 24.2 Å². The standard InChI is InChI=1S/C30H26N2O5S/c1-4-36-21-10-11-22-24(15-21)38-30(31-22)32-26(18-7-5-16(2)6-8-18)25(28(34)29(32)35)27(33)19-9-12-23-20(14-19)13-17(3)37-23/h5-12,14-15,17,26,33H,4,13H2,1-3H3/t17-,26-/m1/s1. The molecule has 8 heteroatoms. The Morgan fingerprint density at radius 2 is 1.92 bits per heavy atom. The van der Waals surface area contributed by atoms with E-state index in [4.69, 9.17) is 14.5 Å². The lowest BCUT2D eigenvalue weighted by molar-refractivity contribution is -0.132. The van der Waals surface area contributed by atoms with E-state index in [-0.39, 0.29) is 17.4 Å². The molecule has 4 aromatic rings. The van der Waals surface area contributed by atoms with Crippen LogP contribution in [0.15, 0.2) is 66.2 Å². The molecule has 3 heterocycles. The zero-order valence-corrected chi connectivity index (χ0v) is 22.0. The first-order valence-electron chi connectivity index (χ1n) is 12.5. The van der Waals surface area contributed by atoms with Crippen LogP contribution < -0.4 is 14.4 Å². The zero-order valence-electron chi connectivity index (χ0n) is 21.2. The van der Waals surface area contributed by atoms with E-state index in [0.717, 1.165) is 21.6 Å². The highest BCUT2D eigenvalue weighted by molar-refractivity contribution is 7.22. The average Bonchev–Trinajstić information content (AvgIpc) is 3.56. The minimum absolute atomic E-state index is 0.0417. The number of thiazole rings is 1. The van der Waals surface area contributed by atoms with Crippen LogP contribution in [-0.2, 0) is 16.0 Å². The predicted octanol–water partition coefficient (Wildman–Crippen LogP) is 5.95. The van der Waals surface area contributed by atoms with Gasteiger partial charge in [0.15, 0.2) is 5.13 Å². The molecule has 0 spiro atoms. The molecule has 7 nitrogen and oxygen atoms in total. The second-order valence-corrected chi connectivity index (χ2v) is 10.6. The molecule has 0 saturated carbocycles. The quantitative estimate of drug-likeness (QED) is 0.196. The van der Waals surface area contributed by atoms with Gasteiger partial charge in [-0.1, -0.05) is 41.2 Å². The molecule has 6 rings (SSSR count). The van der Waals surface area contributed by atoms with Gasteiger partial charge in [-0.25, -0.2) is 4.98 Å². The average molecular weight is 527 g/mol. The first-order valence-corrected chi connectivity index (χ1v) is 13.4. The number of rotatable bonds is 5. The van der Waals surface area contributed by atoms with E-state index >= 15 is 0 Å². The van der Waals surface area contributed by atoms with Crippen molar-refractivity contribution in [3.05, 3.63) is 88.5 Å². The van der Waals surface area contributed by atoms with E-state index in [1.807, 2.05) is 69.3 Å². The van der Waals surface area contributed by atoms with Gasteiger partial charge >= 0.3 is 5.91 Å². The number of fused-ring (bicyclic) bond motifs is 2. The van der Waals surface area contributed by atoms with E-state index < -0.39 is 17.7 Å². The summed E-state index contributed by atoms with van der Waals surface area (Å²) in [4.78, 5) is 33.1. The van der Waals surface area contributed by atoms with E-state index in [2.05, 4.69) is 0 Å². The maximum absolute atomic E-state index is 13.5. The minimum Gasteiger partial charge on any atom is -0.507 e. The summed E-state index contributed by atoms with van der Waals surface area (Å²) >= 11 is 1.31. The number of aryl methyl sites for hydroxylation is 1. The molecule has 1 N–H and O–H groups in total. The van der Waals surface area contributed by atoms with E-state index in [9.17, 15) is 14.7 Å². The third-order valence-corrected chi connectivity index (χ3v) is 7.89. The lowest BCUT2D eigenvalue weighted by Crippen LogP contribution is -2.29.